The van der Waals surface area contributed by atoms with Gasteiger partial charge in [-0.25, -0.2) is 0 Å². The van der Waals surface area contributed by atoms with Crippen LogP contribution in [0.5, 0.6) is 5.75 Å². The predicted molar refractivity (Wildman–Crippen MR) is 38.9 cm³/mol. The van der Waals surface area contributed by atoms with Crippen LogP contribution in [0.4, 0.5) is 0 Å². The van der Waals surface area contributed by atoms with Crippen LogP contribution in [-0.2, 0) is 6.37 Å². The lowest BCUT2D eigenvalue weighted by atomic mass is 10.2. The molecule has 0 saturated heterocycles. The van der Waals surface area contributed by atoms with E-state index < -0.39 is 48.4 Å². The van der Waals surface area contributed by atoms with Gasteiger partial charge in [-0.15, -0.1) is 0 Å². The molecule has 1 aromatic carbocycles. The average molecular weight is 146 g/mol. The lowest BCUT2D eigenvalue weighted by Gasteiger charge is -1.96. The van der Waals surface area contributed by atoms with Gasteiger partial charge in [0.1, 0.15) is 5.75 Å². The lowest BCUT2D eigenvalue weighted by molar-refractivity contribution is 0.299. The van der Waals surface area contributed by atoms with Crippen molar-refractivity contribution in [2.45, 2.75) is 6.37 Å². The molecule has 0 aromatic heterocycles. The van der Waals surface area contributed by atoms with Crippen molar-refractivity contribution >= 4 is 0 Å². The molecular formula is C8H10O2. The first kappa shape index (κ1) is 1.98. The minimum absolute atomic E-state index is 0.890. The zero-order valence-corrected chi connectivity index (χ0v) is 4.89. The van der Waals surface area contributed by atoms with Crippen molar-refractivity contribution in [3.05, 3.63) is 29.7 Å². The molecule has 1 rings (SSSR count). The summed E-state index contributed by atoms with van der Waals surface area (Å²) in [6, 6.07) is -3.65. The maximum Gasteiger partial charge on any atom is 0.115 e. The summed E-state index contributed by atoms with van der Waals surface area (Å²) in [5, 5.41) is 18.4. The molecule has 0 fully saturated rings. The van der Waals surface area contributed by atoms with Crippen molar-refractivity contribution < 1.29 is 21.2 Å². The third kappa shape index (κ3) is 1.74. The van der Waals surface area contributed by atoms with Crippen molar-refractivity contribution in [2.75, 3.05) is 6.56 Å². The van der Waals surface area contributed by atoms with Gasteiger partial charge in [0, 0.05) is 9.30 Å². The van der Waals surface area contributed by atoms with Crippen LogP contribution in [0.25, 0.3) is 0 Å². The van der Waals surface area contributed by atoms with Crippen molar-refractivity contribution in [3.8, 4) is 5.75 Å². The second-order valence-electron chi connectivity index (χ2n) is 1.46. The Morgan fingerprint density at radius 3 is 2.50 bits per heavy atom. The number of rotatable bonds is 2. The van der Waals surface area contributed by atoms with E-state index in [2.05, 4.69) is 0 Å². The Morgan fingerprint density at radius 1 is 1.40 bits per heavy atom. The highest BCUT2D eigenvalue weighted by atomic mass is 16.3. The van der Waals surface area contributed by atoms with E-state index in [4.69, 9.17) is 16.1 Å². The minimum atomic E-state index is -3.39. The zero-order chi connectivity index (χ0) is 14.5. The summed E-state index contributed by atoms with van der Waals surface area (Å²) >= 11 is 0. The van der Waals surface area contributed by atoms with Gasteiger partial charge in [0.25, 0.3) is 0 Å². The molecule has 1 aromatic rings. The molecule has 10 heavy (non-hydrogen) atoms. The molecule has 0 aliphatic rings. The summed E-state index contributed by atoms with van der Waals surface area (Å²) in [7, 11) is 0. The minimum Gasteiger partial charge on any atom is -0.508 e. The van der Waals surface area contributed by atoms with E-state index in [0.29, 0.717) is 0 Å². The van der Waals surface area contributed by atoms with Gasteiger partial charge < -0.3 is 10.2 Å². The maximum atomic E-state index is 9.27. The van der Waals surface area contributed by atoms with Crippen LogP contribution in [0.1, 0.15) is 16.5 Å². The molecule has 2 heteroatoms. The number of phenolic OH excluding ortho intramolecular Hbond substituents is 1. The van der Waals surface area contributed by atoms with Crippen LogP contribution in [0.2, 0.25) is 0 Å². The van der Waals surface area contributed by atoms with Crippen LogP contribution in [0, 0.1) is 0 Å². The number of hydrogen-bond donors (Lipinski definition) is 2. The first-order chi connectivity index (χ1) is 7.93. The van der Waals surface area contributed by atoms with Crippen LogP contribution >= 0.6 is 0 Å². The highest BCUT2D eigenvalue weighted by molar-refractivity contribution is 5.25. The highest BCUT2D eigenvalue weighted by Crippen LogP contribution is 2.09. The van der Waals surface area contributed by atoms with Crippen LogP contribution in [-0.4, -0.2) is 16.8 Å². The first-order valence-electron chi connectivity index (χ1n) is 6.45. The van der Waals surface area contributed by atoms with E-state index in [1.807, 2.05) is 0 Å². The maximum absolute atomic E-state index is 9.27. The molecule has 0 amide bonds. The Morgan fingerprint density at radius 2 is 2.00 bits per heavy atom. The Hall–Kier alpha value is -1.02. The van der Waals surface area contributed by atoms with Gasteiger partial charge in [-0.3, -0.25) is 0 Å². The van der Waals surface area contributed by atoms with E-state index in [0.717, 1.165) is 0 Å². The largest absolute Gasteiger partial charge is 0.508 e. The molecule has 2 N–H and O–H groups in total. The number of benzene rings is 1. The summed E-state index contributed by atoms with van der Waals surface area (Å²) < 4.78 is 58.2. The summed E-state index contributed by atoms with van der Waals surface area (Å²) in [4.78, 5) is 0. The number of aromatic hydroxyl groups is 1. The van der Waals surface area contributed by atoms with E-state index in [-0.39, 0.29) is 0 Å². The van der Waals surface area contributed by atoms with Crippen molar-refractivity contribution in [1.82, 2.24) is 0 Å². The fourth-order valence-corrected chi connectivity index (χ4v) is 0.424. The lowest BCUT2D eigenvalue weighted by Crippen LogP contribution is -1.88. The number of hydrogen-bond acceptors (Lipinski definition) is 2. The van der Waals surface area contributed by atoms with Gasteiger partial charge in [0.15, 0.2) is 0 Å². The Bertz CT molecular complexity index is 464. The molecule has 0 aliphatic carbocycles. The van der Waals surface area contributed by atoms with Gasteiger partial charge in [0.05, 0.1) is 8.22 Å². The number of aliphatic hydroxyl groups is 1. The van der Waals surface area contributed by atoms with E-state index in [9.17, 15) is 5.11 Å². The molecule has 2 nitrogen and oxygen atoms in total. The van der Waals surface area contributed by atoms with E-state index in [1.165, 1.54) is 0 Å². The molecular weight excluding hydrogens is 128 g/mol. The molecule has 0 spiro atoms. The molecule has 0 aliphatic heterocycles. The number of phenols is 1. The molecule has 0 atom stereocenters. The fourth-order valence-electron chi connectivity index (χ4n) is 0.424. The molecule has 0 bridgehead atoms. The molecule has 54 valence electrons. The summed E-state index contributed by atoms with van der Waals surface area (Å²) in [5.74, 6) is -0.956. The highest BCUT2D eigenvalue weighted by Gasteiger charge is 1.90. The topological polar surface area (TPSA) is 40.5 Å². The van der Waals surface area contributed by atoms with E-state index >= 15 is 0 Å². The Balaban J connectivity index is 3.72. The SMILES string of the molecule is [2H]c1c([2H])c(C([2H])([2H])C([2H])([2H])O)c([2H])c([2H])c1O. The first-order valence-corrected chi connectivity index (χ1v) is 2.45. The van der Waals surface area contributed by atoms with Crippen molar-refractivity contribution in [3.63, 3.8) is 0 Å². The van der Waals surface area contributed by atoms with Gasteiger partial charge in [-0.1, -0.05) is 12.1 Å². The summed E-state index contributed by atoms with van der Waals surface area (Å²) in [5.41, 5.74) is -0.942. The zero-order valence-electron chi connectivity index (χ0n) is 12.9. The standard InChI is InChI=1S/C8H10O2/c9-6-5-7-1-3-8(10)4-2-7/h1-4,9-10H,5-6H2/i1D,2D,3D,4D,5D2,6D2. The quantitative estimate of drug-likeness (QED) is 0.651. The van der Waals surface area contributed by atoms with Crippen LogP contribution in [0.3, 0.4) is 0 Å². The van der Waals surface area contributed by atoms with Crippen LogP contribution in [0.15, 0.2) is 24.2 Å². The third-order valence-electron chi connectivity index (χ3n) is 0.793. The second-order valence-corrected chi connectivity index (χ2v) is 1.46. The van der Waals surface area contributed by atoms with Gasteiger partial charge >= 0.3 is 0 Å². The summed E-state index contributed by atoms with van der Waals surface area (Å²) in [6.45, 7) is -3.39. The Labute approximate surface area is 71.0 Å². The monoisotopic (exact) mass is 146 g/mol. The van der Waals surface area contributed by atoms with Crippen LogP contribution < -0.4 is 0 Å². The molecule has 0 radical (unpaired) electrons. The molecule has 0 unspecified atom stereocenters. The van der Waals surface area contributed by atoms with Crippen molar-refractivity contribution in [1.29, 1.82) is 0 Å². The smallest absolute Gasteiger partial charge is 0.115 e. The third-order valence-corrected chi connectivity index (χ3v) is 0.793. The van der Waals surface area contributed by atoms with Gasteiger partial charge in [-0.2, -0.15) is 0 Å². The molecule has 0 heterocycles. The van der Waals surface area contributed by atoms with Gasteiger partial charge in [-0.05, 0) is 24.0 Å². The molecule has 0 saturated carbocycles. The fraction of sp³-hybridized carbons (Fsp3) is 0.250. The normalized spacial score (nSPS) is 24.1. The summed E-state index contributed by atoms with van der Waals surface area (Å²) in [6.07, 6.45) is -3.15. The average Bonchev–Trinajstić information content (AvgIpc) is 2.22. The van der Waals surface area contributed by atoms with E-state index in [1.54, 1.807) is 0 Å². The Kier molecular flexibility index (Phi) is 0.640. The predicted octanol–water partition coefficient (Wildman–Crippen LogP) is 0.927. The second kappa shape index (κ2) is 3.22. The van der Waals surface area contributed by atoms with Crippen molar-refractivity contribution in [2.24, 2.45) is 0 Å². The van der Waals surface area contributed by atoms with Gasteiger partial charge in [0.2, 0.25) is 0 Å².